The molecule has 1 atom stereocenters. The summed E-state index contributed by atoms with van der Waals surface area (Å²) in [6.07, 6.45) is 4.00. The summed E-state index contributed by atoms with van der Waals surface area (Å²) in [7, 11) is 0. The van der Waals surface area contributed by atoms with Gasteiger partial charge in [-0.3, -0.25) is 10.1 Å². The molecule has 0 amide bonds. The van der Waals surface area contributed by atoms with E-state index in [1.807, 2.05) is 30.3 Å². The van der Waals surface area contributed by atoms with Crippen LogP contribution in [0.15, 0.2) is 48.7 Å². The van der Waals surface area contributed by atoms with Gasteiger partial charge in [0, 0.05) is 18.8 Å². The Morgan fingerprint density at radius 1 is 1.17 bits per heavy atom. The zero-order valence-electron chi connectivity index (χ0n) is 12.9. The van der Waals surface area contributed by atoms with Crippen LogP contribution >= 0.6 is 0 Å². The fraction of sp³-hybridized carbons (Fsp3) is 0.353. The minimum absolute atomic E-state index is 0.00912. The lowest BCUT2D eigenvalue weighted by molar-refractivity contribution is -0.384. The van der Waals surface area contributed by atoms with Gasteiger partial charge in [0.2, 0.25) is 5.82 Å². The van der Waals surface area contributed by atoms with Crippen LogP contribution in [0.4, 0.5) is 11.5 Å². The number of benzene rings is 1. The maximum Gasteiger partial charge on any atom is 0.311 e. The molecule has 1 fully saturated rings. The zero-order chi connectivity index (χ0) is 16.1. The van der Waals surface area contributed by atoms with Crippen LogP contribution in [-0.2, 0) is 0 Å². The second kappa shape index (κ2) is 7.19. The summed E-state index contributed by atoms with van der Waals surface area (Å²) < 4.78 is 0. The predicted octanol–water partition coefficient (Wildman–Crippen LogP) is 3.24. The van der Waals surface area contributed by atoms with Crippen LogP contribution in [0.3, 0.4) is 0 Å². The van der Waals surface area contributed by atoms with Gasteiger partial charge in [0.05, 0.1) is 11.0 Å². The van der Waals surface area contributed by atoms with Crippen molar-refractivity contribution in [3.63, 3.8) is 0 Å². The molecule has 0 bridgehead atoms. The van der Waals surface area contributed by atoms with Gasteiger partial charge in [-0.1, -0.05) is 30.3 Å². The van der Waals surface area contributed by atoms with Crippen LogP contribution in [0.5, 0.6) is 0 Å². The van der Waals surface area contributed by atoms with Crippen LogP contribution in [-0.4, -0.2) is 34.4 Å². The van der Waals surface area contributed by atoms with Crippen LogP contribution in [0.2, 0.25) is 0 Å². The molecule has 1 saturated heterocycles. The molecule has 0 spiro atoms. The highest BCUT2D eigenvalue weighted by Crippen LogP contribution is 2.27. The molecule has 1 aliphatic rings. The number of aromatic nitrogens is 1. The SMILES string of the molecule is O=[N+]([O-])c1cccnc1NC(CN1CCCC1)c1ccccc1. The minimum Gasteiger partial charge on any atom is -0.356 e. The van der Waals surface area contributed by atoms with Gasteiger partial charge in [-0.05, 0) is 37.6 Å². The molecule has 0 saturated carbocycles. The first kappa shape index (κ1) is 15.4. The number of pyridine rings is 1. The second-order valence-corrected chi connectivity index (χ2v) is 5.74. The molecule has 1 aromatic heterocycles. The molecule has 120 valence electrons. The van der Waals surface area contributed by atoms with Crippen molar-refractivity contribution in [3.8, 4) is 0 Å². The molecule has 1 aromatic carbocycles. The summed E-state index contributed by atoms with van der Waals surface area (Å²) in [5.74, 6) is 0.325. The van der Waals surface area contributed by atoms with E-state index in [1.54, 1.807) is 12.3 Å². The van der Waals surface area contributed by atoms with Crippen molar-refractivity contribution in [1.29, 1.82) is 0 Å². The molecule has 23 heavy (non-hydrogen) atoms. The quantitative estimate of drug-likeness (QED) is 0.655. The van der Waals surface area contributed by atoms with Gasteiger partial charge in [0.1, 0.15) is 0 Å². The van der Waals surface area contributed by atoms with E-state index in [-0.39, 0.29) is 11.7 Å². The van der Waals surface area contributed by atoms with E-state index in [2.05, 4.69) is 15.2 Å². The minimum atomic E-state index is -0.396. The first-order valence-corrected chi connectivity index (χ1v) is 7.87. The third-order valence-corrected chi connectivity index (χ3v) is 4.14. The van der Waals surface area contributed by atoms with Crippen LogP contribution in [0, 0.1) is 10.1 Å². The first-order valence-electron chi connectivity index (χ1n) is 7.87. The average molecular weight is 312 g/mol. The van der Waals surface area contributed by atoms with E-state index in [4.69, 9.17) is 0 Å². The third-order valence-electron chi connectivity index (χ3n) is 4.14. The lowest BCUT2D eigenvalue weighted by atomic mass is 10.1. The smallest absolute Gasteiger partial charge is 0.311 e. The molecule has 1 N–H and O–H groups in total. The van der Waals surface area contributed by atoms with Gasteiger partial charge in [-0.15, -0.1) is 0 Å². The highest BCUT2D eigenvalue weighted by atomic mass is 16.6. The van der Waals surface area contributed by atoms with Crippen molar-refractivity contribution in [2.24, 2.45) is 0 Å². The molecule has 6 nitrogen and oxygen atoms in total. The topological polar surface area (TPSA) is 71.3 Å². The van der Waals surface area contributed by atoms with E-state index >= 15 is 0 Å². The van der Waals surface area contributed by atoms with Crippen LogP contribution < -0.4 is 5.32 Å². The Morgan fingerprint density at radius 3 is 2.61 bits per heavy atom. The Morgan fingerprint density at radius 2 is 1.91 bits per heavy atom. The number of rotatable bonds is 6. The van der Waals surface area contributed by atoms with Crippen molar-refractivity contribution in [2.45, 2.75) is 18.9 Å². The number of nitrogens with one attached hydrogen (secondary N) is 1. The van der Waals surface area contributed by atoms with E-state index in [1.165, 1.54) is 18.9 Å². The van der Waals surface area contributed by atoms with Gasteiger partial charge in [0.25, 0.3) is 0 Å². The molecule has 0 radical (unpaired) electrons. The third kappa shape index (κ3) is 3.84. The zero-order valence-corrected chi connectivity index (χ0v) is 12.9. The Hall–Kier alpha value is -2.47. The largest absolute Gasteiger partial charge is 0.356 e. The highest BCUT2D eigenvalue weighted by molar-refractivity contribution is 5.56. The molecule has 2 heterocycles. The van der Waals surface area contributed by atoms with Crippen molar-refractivity contribution < 1.29 is 4.92 Å². The summed E-state index contributed by atoms with van der Waals surface area (Å²) in [6.45, 7) is 2.97. The Balaban J connectivity index is 1.85. The van der Waals surface area contributed by atoms with E-state index in [0.29, 0.717) is 5.82 Å². The number of nitrogens with zero attached hydrogens (tertiary/aromatic N) is 3. The van der Waals surface area contributed by atoms with Gasteiger partial charge in [-0.25, -0.2) is 4.98 Å². The monoisotopic (exact) mass is 312 g/mol. The standard InChI is InChI=1S/C17H20N4O2/c22-21(23)16-9-6-10-18-17(16)19-15(13-20-11-4-5-12-20)14-7-2-1-3-8-14/h1-3,6-10,15H,4-5,11-13H2,(H,18,19). The van der Waals surface area contributed by atoms with Crippen molar-refractivity contribution in [2.75, 3.05) is 25.0 Å². The number of anilines is 1. The molecule has 0 aliphatic carbocycles. The molecule has 3 rings (SSSR count). The molecule has 2 aromatic rings. The number of nitro groups is 1. The van der Waals surface area contributed by atoms with E-state index in [9.17, 15) is 10.1 Å². The maximum absolute atomic E-state index is 11.2. The summed E-state index contributed by atoms with van der Waals surface area (Å²) >= 11 is 0. The van der Waals surface area contributed by atoms with E-state index < -0.39 is 4.92 Å². The van der Waals surface area contributed by atoms with Gasteiger partial charge in [-0.2, -0.15) is 0 Å². The molecular weight excluding hydrogens is 292 g/mol. The Labute approximate surface area is 135 Å². The summed E-state index contributed by atoms with van der Waals surface area (Å²) in [5, 5.41) is 14.5. The van der Waals surface area contributed by atoms with Gasteiger partial charge < -0.3 is 10.2 Å². The fourth-order valence-corrected chi connectivity index (χ4v) is 2.96. The lowest BCUT2D eigenvalue weighted by Crippen LogP contribution is -2.29. The number of hydrogen-bond acceptors (Lipinski definition) is 5. The molecule has 1 aliphatic heterocycles. The van der Waals surface area contributed by atoms with Crippen molar-refractivity contribution >= 4 is 11.5 Å². The van der Waals surface area contributed by atoms with Gasteiger partial charge >= 0.3 is 5.69 Å². The summed E-state index contributed by atoms with van der Waals surface area (Å²) in [4.78, 5) is 17.4. The second-order valence-electron chi connectivity index (χ2n) is 5.74. The number of likely N-dealkylation sites (tertiary alicyclic amines) is 1. The first-order chi connectivity index (χ1) is 11.2. The Kier molecular flexibility index (Phi) is 4.83. The van der Waals surface area contributed by atoms with Crippen molar-refractivity contribution in [3.05, 3.63) is 64.3 Å². The number of hydrogen-bond donors (Lipinski definition) is 1. The molecule has 6 heteroatoms. The predicted molar refractivity (Wildman–Crippen MR) is 89.4 cm³/mol. The average Bonchev–Trinajstić information content (AvgIpc) is 3.08. The highest BCUT2D eigenvalue weighted by Gasteiger charge is 2.22. The fourth-order valence-electron chi connectivity index (χ4n) is 2.96. The normalized spacial score (nSPS) is 16.2. The van der Waals surface area contributed by atoms with Crippen molar-refractivity contribution in [1.82, 2.24) is 9.88 Å². The van der Waals surface area contributed by atoms with Crippen LogP contribution in [0.1, 0.15) is 24.4 Å². The lowest BCUT2D eigenvalue weighted by Gasteiger charge is -2.25. The van der Waals surface area contributed by atoms with E-state index in [0.717, 1.165) is 25.2 Å². The van der Waals surface area contributed by atoms with Gasteiger partial charge in [0.15, 0.2) is 0 Å². The Bertz CT molecular complexity index is 657. The summed E-state index contributed by atoms with van der Waals surface area (Å²) in [5.41, 5.74) is 1.12. The maximum atomic E-state index is 11.2. The molecular formula is C17H20N4O2. The summed E-state index contributed by atoms with van der Waals surface area (Å²) in [6, 6.07) is 13.1. The molecule has 1 unspecified atom stereocenters. The van der Waals surface area contributed by atoms with Crippen LogP contribution in [0.25, 0.3) is 0 Å².